The van der Waals surface area contributed by atoms with Crippen LogP contribution in [0.4, 0.5) is 4.79 Å². The molecule has 3 aliphatic rings. The quantitative estimate of drug-likeness (QED) is 0.633. The molecule has 4 atom stereocenters. The lowest BCUT2D eigenvalue weighted by molar-refractivity contribution is -0.283. The summed E-state index contributed by atoms with van der Waals surface area (Å²) in [5, 5.41) is 13.8. The Morgan fingerprint density at radius 2 is 1.82 bits per heavy atom. The van der Waals surface area contributed by atoms with Crippen LogP contribution in [-0.2, 0) is 14.3 Å². The van der Waals surface area contributed by atoms with Crippen molar-refractivity contribution in [1.29, 1.82) is 0 Å². The van der Waals surface area contributed by atoms with E-state index >= 15 is 0 Å². The van der Waals surface area contributed by atoms with Gasteiger partial charge in [-0.1, -0.05) is 55.9 Å². The summed E-state index contributed by atoms with van der Waals surface area (Å²) in [6.07, 6.45) is 11.7. The molecule has 2 N–H and O–H groups in total. The van der Waals surface area contributed by atoms with E-state index in [2.05, 4.69) is 5.32 Å². The highest BCUT2D eigenvalue weighted by Crippen LogP contribution is 2.36. The zero-order valence-corrected chi connectivity index (χ0v) is 17.6. The summed E-state index contributed by atoms with van der Waals surface area (Å²) < 4.78 is 11.8. The van der Waals surface area contributed by atoms with E-state index in [9.17, 15) is 14.7 Å². The van der Waals surface area contributed by atoms with Gasteiger partial charge in [0, 0.05) is 24.7 Å². The Morgan fingerprint density at radius 1 is 1.11 bits per heavy atom. The second kappa shape index (κ2) is 10.1. The van der Waals surface area contributed by atoms with E-state index in [1.165, 1.54) is 25.7 Å². The first kappa shape index (κ1) is 21.7. The predicted octanol–water partition coefficient (Wildman–Crippen LogP) is 4.06. The van der Waals surface area contributed by atoms with Crippen LogP contribution in [0, 0.1) is 0 Å². The number of amides is 1. The molecule has 1 amide bonds. The van der Waals surface area contributed by atoms with Crippen LogP contribution in [0.1, 0.15) is 77.6 Å². The molecule has 7 heteroatoms. The number of hydrogen-bond acceptors (Lipinski definition) is 6. The van der Waals surface area contributed by atoms with Crippen molar-refractivity contribution < 1.29 is 24.2 Å². The minimum absolute atomic E-state index is 0.147. The van der Waals surface area contributed by atoms with E-state index in [-0.39, 0.29) is 23.7 Å². The van der Waals surface area contributed by atoms with Crippen LogP contribution in [0.2, 0.25) is 0 Å². The van der Waals surface area contributed by atoms with Gasteiger partial charge < -0.3 is 19.9 Å². The number of rotatable bonds is 1. The SMILES string of the molecule is CC1=CC(=O)OC2CC(CCCCCCCCC1)O[C@@](O)([C@@H]1CSC(=O)N1)C2. The third-order valence-electron chi connectivity index (χ3n) is 5.88. The van der Waals surface area contributed by atoms with Crippen molar-refractivity contribution in [3.05, 3.63) is 11.6 Å². The number of fused-ring (bicyclic) bond motifs is 2. The highest BCUT2D eigenvalue weighted by atomic mass is 32.2. The van der Waals surface area contributed by atoms with Crippen molar-refractivity contribution in [3.8, 4) is 0 Å². The maximum absolute atomic E-state index is 12.4. The largest absolute Gasteiger partial charge is 0.459 e. The fraction of sp³-hybridized carbons (Fsp3) is 0.810. The molecule has 2 fully saturated rings. The number of esters is 1. The summed E-state index contributed by atoms with van der Waals surface area (Å²) in [4.78, 5) is 24.0. The lowest BCUT2D eigenvalue weighted by Gasteiger charge is -2.43. The molecule has 3 aliphatic heterocycles. The first-order valence-corrected chi connectivity index (χ1v) is 11.6. The van der Waals surface area contributed by atoms with Crippen molar-refractivity contribution in [1.82, 2.24) is 5.32 Å². The number of thioether (sulfide) groups is 1. The van der Waals surface area contributed by atoms with Gasteiger partial charge in [0.25, 0.3) is 5.24 Å². The van der Waals surface area contributed by atoms with Gasteiger partial charge in [0.1, 0.15) is 6.10 Å². The Morgan fingerprint density at radius 3 is 2.54 bits per heavy atom. The van der Waals surface area contributed by atoms with Gasteiger partial charge in [-0.25, -0.2) is 4.79 Å². The lowest BCUT2D eigenvalue weighted by Crippen LogP contribution is -2.58. The summed E-state index contributed by atoms with van der Waals surface area (Å²) in [5.41, 5.74) is 1.04. The van der Waals surface area contributed by atoms with Crippen LogP contribution in [-0.4, -0.2) is 46.1 Å². The summed E-state index contributed by atoms with van der Waals surface area (Å²) in [6, 6.07) is -0.475. The molecule has 3 rings (SSSR count). The Bertz CT molecular complexity index is 595. The second-order valence-electron chi connectivity index (χ2n) is 8.38. The van der Waals surface area contributed by atoms with Gasteiger partial charge in [-0.05, 0) is 26.2 Å². The van der Waals surface area contributed by atoms with Crippen LogP contribution in [0.5, 0.6) is 0 Å². The average Bonchev–Trinajstić information content (AvgIpc) is 3.06. The normalized spacial score (nSPS) is 36.4. The zero-order valence-electron chi connectivity index (χ0n) is 16.8. The van der Waals surface area contributed by atoms with Crippen molar-refractivity contribution >= 4 is 23.0 Å². The van der Waals surface area contributed by atoms with E-state index in [1.54, 1.807) is 6.08 Å². The molecular formula is C21H33NO5S. The summed E-state index contributed by atoms with van der Waals surface area (Å²) >= 11 is 1.15. The molecule has 6 nitrogen and oxygen atoms in total. The third-order valence-corrected chi connectivity index (χ3v) is 6.76. The Hall–Kier alpha value is -1.05. The number of carbonyl (C=O) groups excluding carboxylic acids is 2. The number of aliphatic hydroxyl groups is 1. The molecule has 0 aliphatic carbocycles. The number of nitrogens with one attached hydrogen (secondary N) is 1. The van der Waals surface area contributed by atoms with Crippen LogP contribution in [0.3, 0.4) is 0 Å². The van der Waals surface area contributed by atoms with Gasteiger partial charge in [-0.15, -0.1) is 0 Å². The van der Waals surface area contributed by atoms with Crippen molar-refractivity contribution in [2.75, 3.05) is 5.75 Å². The second-order valence-corrected chi connectivity index (χ2v) is 9.38. The Labute approximate surface area is 171 Å². The Kier molecular flexibility index (Phi) is 7.83. The first-order valence-electron chi connectivity index (χ1n) is 10.7. The molecule has 28 heavy (non-hydrogen) atoms. The lowest BCUT2D eigenvalue weighted by atomic mass is 9.91. The highest BCUT2D eigenvalue weighted by Gasteiger charge is 2.49. The number of allylic oxidation sites excluding steroid dienone is 1. The number of carbonyl (C=O) groups is 2. The summed E-state index contributed by atoms with van der Waals surface area (Å²) in [5.74, 6) is -1.37. The predicted molar refractivity (Wildman–Crippen MR) is 109 cm³/mol. The molecule has 0 aromatic rings. The van der Waals surface area contributed by atoms with E-state index in [1.807, 2.05) is 6.92 Å². The molecule has 0 aromatic carbocycles. The molecule has 0 spiro atoms. The van der Waals surface area contributed by atoms with Gasteiger partial charge in [0.2, 0.25) is 0 Å². The smallest absolute Gasteiger partial charge is 0.330 e. The number of hydrogen-bond donors (Lipinski definition) is 2. The van der Waals surface area contributed by atoms with Crippen molar-refractivity contribution in [2.45, 2.75) is 102 Å². The monoisotopic (exact) mass is 411 g/mol. The standard InChI is InChI=1S/C21H33NO5S/c1-15-9-7-5-3-2-4-6-8-10-16-12-17(26-19(23)11-15)13-21(25,27-16)18-14-28-20(24)22-18/h11,16-18,25H,2-10,12-14H2,1H3,(H,22,24)/t16?,17?,18-,21+/m0/s1. The Balaban J connectivity index is 1.71. The average molecular weight is 412 g/mol. The molecule has 0 radical (unpaired) electrons. The van der Waals surface area contributed by atoms with Gasteiger partial charge in [-0.2, -0.15) is 0 Å². The summed E-state index contributed by atoms with van der Waals surface area (Å²) in [6.45, 7) is 1.97. The van der Waals surface area contributed by atoms with Crippen molar-refractivity contribution in [3.63, 3.8) is 0 Å². The van der Waals surface area contributed by atoms with E-state index in [4.69, 9.17) is 9.47 Å². The molecule has 2 saturated heterocycles. The fourth-order valence-electron chi connectivity index (χ4n) is 4.34. The van der Waals surface area contributed by atoms with Crippen LogP contribution < -0.4 is 5.32 Å². The third kappa shape index (κ3) is 6.22. The van der Waals surface area contributed by atoms with Crippen molar-refractivity contribution in [2.24, 2.45) is 0 Å². The molecule has 2 unspecified atom stereocenters. The van der Waals surface area contributed by atoms with Gasteiger partial charge in [0.15, 0.2) is 5.79 Å². The molecular weight excluding hydrogens is 378 g/mol. The molecule has 2 bridgehead atoms. The topological polar surface area (TPSA) is 84.9 Å². The van der Waals surface area contributed by atoms with E-state index in [0.717, 1.165) is 49.4 Å². The van der Waals surface area contributed by atoms with Crippen LogP contribution in [0.25, 0.3) is 0 Å². The van der Waals surface area contributed by atoms with Gasteiger partial charge in [-0.3, -0.25) is 4.79 Å². The van der Waals surface area contributed by atoms with E-state index in [0.29, 0.717) is 12.2 Å². The van der Waals surface area contributed by atoms with Crippen LogP contribution >= 0.6 is 11.8 Å². The van der Waals surface area contributed by atoms with Gasteiger partial charge >= 0.3 is 5.97 Å². The molecule has 3 heterocycles. The van der Waals surface area contributed by atoms with E-state index < -0.39 is 17.9 Å². The highest BCUT2D eigenvalue weighted by molar-refractivity contribution is 8.14. The molecule has 0 saturated carbocycles. The minimum atomic E-state index is -1.49. The first-order chi connectivity index (χ1) is 13.4. The molecule has 158 valence electrons. The minimum Gasteiger partial charge on any atom is -0.459 e. The van der Waals surface area contributed by atoms with Crippen LogP contribution in [0.15, 0.2) is 11.6 Å². The number of ether oxygens (including phenoxy) is 2. The van der Waals surface area contributed by atoms with Gasteiger partial charge in [0.05, 0.1) is 12.1 Å². The fourth-order valence-corrected chi connectivity index (χ4v) is 5.22. The molecule has 0 aromatic heterocycles. The maximum atomic E-state index is 12.4. The summed E-state index contributed by atoms with van der Waals surface area (Å²) in [7, 11) is 0. The maximum Gasteiger partial charge on any atom is 0.330 e. The zero-order chi connectivity index (χ0) is 20.0.